The first-order valence-electron chi connectivity index (χ1n) is 7.96. The van der Waals surface area contributed by atoms with Gasteiger partial charge in [0.2, 0.25) is 5.91 Å². The monoisotopic (exact) mass is 297 g/mol. The zero-order valence-corrected chi connectivity index (χ0v) is 13.2. The number of hydrogen-bond acceptors (Lipinski definition) is 3. The van der Waals surface area contributed by atoms with Crippen molar-refractivity contribution in [2.24, 2.45) is 11.7 Å². The van der Waals surface area contributed by atoms with Gasteiger partial charge in [-0.2, -0.15) is 0 Å². The van der Waals surface area contributed by atoms with E-state index in [1.807, 2.05) is 43.1 Å². The van der Waals surface area contributed by atoms with E-state index in [4.69, 9.17) is 5.73 Å². The molecule has 1 fully saturated rings. The maximum atomic E-state index is 12.7. The molecular weight excluding hydrogens is 274 g/mol. The third kappa shape index (κ3) is 2.97. The average Bonchev–Trinajstić information content (AvgIpc) is 3.36. The van der Waals surface area contributed by atoms with Crippen LogP contribution in [-0.2, 0) is 11.3 Å². The smallest absolute Gasteiger partial charge is 0.240 e. The third-order valence-electron chi connectivity index (χ3n) is 4.35. The Morgan fingerprint density at radius 3 is 2.73 bits per heavy atom. The molecule has 2 N–H and O–H groups in total. The molecule has 4 nitrogen and oxygen atoms in total. The molecule has 0 aliphatic heterocycles. The van der Waals surface area contributed by atoms with E-state index in [2.05, 4.69) is 17.1 Å². The van der Waals surface area contributed by atoms with Gasteiger partial charge in [0.15, 0.2) is 0 Å². The number of carbonyl (C=O) groups excluding carboxylic acids is 1. The number of rotatable bonds is 5. The topological polar surface area (TPSA) is 59.2 Å². The van der Waals surface area contributed by atoms with Gasteiger partial charge < -0.3 is 10.6 Å². The van der Waals surface area contributed by atoms with Crippen LogP contribution in [0.2, 0.25) is 0 Å². The van der Waals surface area contributed by atoms with Crippen LogP contribution in [0, 0.1) is 5.92 Å². The molecule has 0 saturated heterocycles. The Bertz CT molecular complexity index is 674. The first-order chi connectivity index (χ1) is 10.6. The van der Waals surface area contributed by atoms with E-state index in [0.29, 0.717) is 12.6 Å². The summed E-state index contributed by atoms with van der Waals surface area (Å²) in [7, 11) is 0. The molecule has 1 aromatic carbocycles. The van der Waals surface area contributed by atoms with Crippen molar-refractivity contribution in [1.82, 2.24) is 9.88 Å². The predicted molar refractivity (Wildman–Crippen MR) is 88.1 cm³/mol. The van der Waals surface area contributed by atoms with Crippen LogP contribution in [0.4, 0.5) is 0 Å². The summed E-state index contributed by atoms with van der Waals surface area (Å²) in [5.41, 5.74) is 7.03. The summed E-state index contributed by atoms with van der Waals surface area (Å²) >= 11 is 0. The Kier molecular flexibility index (Phi) is 4.12. The lowest BCUT2D eigenvalue weighted by molar-refractivity contribution is -0.134. The zero-order valence-electron chi connectivity index (χ0n) is 13.2. The summed E-state index contributed by atoms with van der Waals surface area (Å²) < 4.78 is 0. The van der Waals surface area contributed by atoms with E-state index in [1.54, 1.807) is 0 Å². The van der Waals surface area contributed by atoms with E-state index < -0.39 is 6.04 Å². The van der Waals surface area contributed by atoms with Gasteiger partial charge in [-0.15, -0.1) is 0 Å². The molecular formula is C18H23N3O. The standard InChI is InChI=1S/C18H23N3O/c1-12(2)17(19)18(22)21(14-7-8-14)11-16-15-6-4-3-5-13(15)9-10-20-16/h3-6,9-10,12,14,17H,7-8,11,19H2,1-2H3. The molecule has 1 aromatic heterocycles. The lowest BCUT2D eigenvalue weighted by Crippen LogP contribution is -2.47. The number of fused-ring (bicyclic) bond motifs is 1. The van der Waals surface area contributed by atoms with E-state index in [9.17, 15) is 4.79 Å². The highest BCUT2D eigenvalue weighted by molar-refractivity contribution is 5.86. The Morgan fingerprint density at radius 1 is 1.32 bits per heavy atom. The van der Waals surface area contributed by atoms with Gasteiger partial charge in [-0.1, -0.05) is 38.1 Å². The molecule has 116 valence electrons. The molecule has 1 saturated carbocycles. The van der Waals surface area contributed by atoms with Crippen molar-refractivity contribution in [3.05, 3.63) is 42.2 Å². The van der Waals surface area contributed by atoms with Crippen LogP contribution in [0.25, 0.3) is 10.8 Å². The van der Waals surface area contributed by atoms with Crippen molar-refractivity contribution < 1.29 is 4.79 Å². The fourth-order valence-corrected chi connectivity index (χ4v) is 2.72. The summed E-state index contributed by atoms with van der Waals surface area (Å²) in [6.07, 6.45) is 3.96. The molecule has 1 atom stereocenters. The van der Waals surface area contributed by atoms with Crippen LogP contribution < -0.4 is 5.73 Å². The molecule has 22 heavy (non-hydrogen) atoms. The maximum absolute atomic E-state index is 12.7. The highest BCUT2D eigenvalue weighted by Crippen LogP contribution is 2.30. The highest BCUT2D eigenvalue weighted by Gasteiger charge is 2.35. The summed E-state index contributed by atoms with van der Waals surface area (Å²) in [6.45, 7) is 4.53. The Balaban J connectivity index is 1.89. The van der Waals surface area contributed by atoms with Crippen molar-refractivity contribution >= 4 is 16.7 Å². The SMILES string of the molecule is CC(C)C(N)C(=O)N(Cc1nccc2ccccc12)C1CC1. The van der Waals surface area contributed by atoms with Gasteiger partial charge >= 0.3 is 0 Å². The highest BCUT2D eigenvalue weighted by atomic mass is 16.2. The van der Waals surface area contributed by atoms with E-state index >= 15 is 0 Å². The van der Waals surface area contributed by atoms with Crippen molar-refractivity contribution in [3.8, 4) is 0 Å². The van der Waals surface area contributed by atoms with Crippen LogP contribution in [0.5, 0.6) is 0 Å². The van der Waals surface area contributed by atoms with Crippen LogP contribution in [-0.4, -0.2) is 27.9 Å². The molecule has 1 aliphatic rings. The first kappa shape index (κ1) is 15.0. The van der Waals surface area contributed by atoms with E-state index in [1.165, 1.54) is 0 Å². The van der Waals surface area contributed by atoms with Crippen molar-refractivity contribution in [2.45, 2.75) is 45.3 Å². The maximum Gasteiger partial charge on any atom is 0.240 e. The first-order valence-corrected chi connectivity index (χ1v) is 7.96. The van der Waals surface area contributed by atoms with Crippen LogP contribution in [0.15, 0.2) is 36.5 Å². The normalized spacial score (nSPS) is 16.0. The third-order valence-corrected chi connectivity index (χ3v) is 4.35. The Labute approximate surface area is 131 Å². The quantitative estimate of drug-likeness (QED) is 0.923. The molecule has 1 heterocycles. The second kappa shape index (κ2) is 6.05. The van der Waals surface area contributed by atoms with Crippen molar-refractivity contribution in [1.29, 1.82) is 0 Å². The number of benzene rings is 1. The fourth-order valence-electron chi connectivity index (χ4n) is 2.72. The Morgan fingerprint density at radius 2 is 2.05 bits per heavy atom. The number of nitrogens with zero attached hydrogens (tertiary/aromatic N) is 2. The lowest BCUT2D eigenvalue weighted by atomic mass is 10.0. The van der Waals surface area contributed by atoms with Gasteiger partial charge in [0.1, 0.15) is 0 Å². The van der Waals surface area contributed by atoms with Gasteiger partial charge in [0.05, 0.1) is 18.3 Å². The number of pyridine rings is 1. The number of amides is 1. The number of aromatic nitrogens is 1. The number of nitrogens with two attached hydrogens (primary N) is 1. The number of hydrogen-bond donors (Lipinski definition) is 1. The summed E-state index contributed by atoms with van der Waals surface area (Å²) in [4.78, 5) is 19.1. The minimum Gasteiger partial charge on any atom is -0.332 e. The largest absolute Gasteiger partial charge is 0.332 e. The molecule has 0 spiro atoms. The molecule has 1 amide bonds. The summed E-state index contributed by atoms with van der Waals surface area (Å²) in [5.74, 6) is 0.196. The lowest BCUT2D eigenvalue weighted by Gasteiger charge is -2.27. The minimum absolute atomic E-state index is 0.0484. The second-order valence-electron chi connectivity index (χ2n) is 6.45. The van der Waals surface area contributed by atoms with Crippen LogP contribution in [0.3, 0.4) is 0 Å². The molecule has 1 aliphatic carbocycles. The minimum atomic E-state index is -0.435. The zero-order chi connectivity index (χ0) is 15.7. The van der Waals surface area contributed by atoms with Crippen molar-refractivity contribution in [2.75, 3.05) is 0 Å². The molecule has 2 aromatic rings. The number of carbonyl (C=O) groups is 1. The molecule has 0 bridgehead atoms. The molecule has 0 radical (unpaired) electrons. The predicted octanol–water partition coefficient (Wildman–Crippen LogP) is 2.71. The van der Waals surface area contributed by atoms with Crippen LogP contribution in [0.1, 0.15) is 32.4 Å². The van der Waals surface area contributed by atoms with Gasteiger partial charge in [-0.3, -0.25) is 9.78 Å². The fraction of sp³-hybridized carbons (Fsp3) is 0.444. The second-order valence-corrected chi connectivity index (χ2v) is 6.45. The van der Waals surface area contributed by atoms with Crippen molar-refractivity contribution in [3.63, 3.8) is 0 Å². The summed E-state index contributed by atoms with van der Waals surface area (Å²) in [6, 6.07) is 10.1. The van der Waals surface area contributed by atoms with Gasteiger partial charge in [0, 0.05) is 17.6 Å². The van der Waals surface area contributed by atoms with Gasteiger partial charge in [0.25, 0.3) is 0 Å². The van der Waals surface area contributed by atoms with E-state index in [0.717, 1.165) is 29.3 Å². The molecule has 3 rings (SSSR count). The summed E-state index contributed by atoms with van der Waals surface area (Å²) in [5, 5.41) is 2.27. The van der Waals surface area contributed by atoms with Gasteiger partial charge in [-0.05, 0) is 30.2 Å². The van der Waals surface area contributed by atoms with Gasteiger partial charge in [-0.25, -0.2) is 0 Å². The molecule has 4 heteroatoms. The average molecular weight is 297 g/mol. The Hall–Kier alpha value is -1.94. The molecule has 1 unspecified atom stereocenters. The van der Waals surface area contributed by atoms with E-state index in [-0.39, 0.29) is 11.8 Å². The van der Waals surface area contributed by atoms with Crippen LogP contribution >= 0.6 is 0 Å².